The fraction of sp³-hybridized carbons (Fsp3) is 0.500. The molecule has 0 saturated carbocycles. The highest BCUT2D eigenvalue weighted by Crippen LogP contribution is 2.29. The highest BCUT2D eigenvalue weighted by Gasteiger charge is 2.35. The molecule has 1 N–H and O–H groups in total. The van der Waals surface area contributed by atoms with Gasteiger partial charge in [-0.15, -0.1) is 11.6 Å². The van der Waals surface area contributed by atoms with Gasteiger partial charge in [0.2, 0.25) is 5.91 Å². The molecule has 1 amide bonds. The summed E-state index contributed by atoms with van der Waals surface area (Å²) in [4.78, 5) is 13.6. The first kappa shape index (κ1) is 16.4. The van der Waals surface area contributed by atoms with Crippen LogP contribution in [0.15, 0.2) is 18.2 Å². The Bertz CT molecular complexity index is 512. The van der Waals surface area contributed by atoms with Crippen LogP contribution in [-0.4, -0.2) is 54.3 Å². The number of nitrogens with zero attached hydrogens (tertiary/aromatic N) is 1. The van der Waals surface area contributed by atoms with Gasteiger partial charge >= 0.3 is 0 Å². The zero-order valence-corrected chi connectivity index (χ0v) is 13.1. The molecule has 1 aliphatic rings. The molecule has 2 rings (SSSR count). The van der Waals surface area contributed by atoms with Crippen molar-refractivity contribution in [3.8, 4) is 5.75 Å². The number of rotatable bonds is 5. The molecule has 1 aliphatic heterocycles. The van der Waals surface area contributed by atoms with Gasteiger partial charge in [-0.2, -0.15) is 0 Å². The lowest BCUT2D eigenvalue weighted by atomic mass is 10.1. The Hall–Kier alpha value is -1.01. The lowest BCUT2D eigenvalue weighted by Gasteiger charge is -2.30. The summed E-state index contributed by atoms with van der Waals surface area (Å²) in [6, 6.07) is 4.83. The number of ether oxygens (including phenoxy) is 2. The SMILES string of the molecule is COc1cccc(Cl)c1CN(C(=O)CCl)[C@@H]1COC[C@H]1O. The first-order chi connectivity index (χ1) is 10.1. The molecule has 1 aromatic carbocycles. The van der Waals surface area contributed by atoms with E-state index in [0.29, 0.717) is 16.3 Å². The van der Waals surface area contributed by atoms with E-state index in [1.54, 1.807) is 18.2 Å². The van der Waals surface area contributed by atoms with Gasteiger partial charge in [-0.25, -0.2) is 0 Å². The first-order valence-corrected chi connectivity index (χ1v) is 7.42. The zero-order valence-electron chi connectivity index (χ0n) is 11.6. The number of aliphatic hydroxyl groups is 1. The summed E-state index contributed by atoms with van der Waals surface area (Å²) >= 11 is 11.9. The maximum Gasteiger partial charge on any atom is 0.238 e. The number of hydrogen-bond donors (Lipinski definition) is 1. The molecule has 0 aromatic heterocycles. The standard InChI is InChI=1S/C14H17Cl2NO4/c1-20-13-4-2-3-10(16)9(13)6-17(14(19)5-15)11-7-21-8-12(11)18/h2-4,11-12,18H,5-8H2,1H3/t11-,12-/m1/s1. The summed E-state index contributed by atoms with van der Waals surface area (Å²) in [6.45, 7) is 0.687. The topological polar surface area (TPSA) is 59.0 Å². The largest absolute Gasteiger partial charge is 0.496 e. The van der Waals surface area contributed by atoms with Crippen molar-refractivity contribution in [2.24, 2.45) is 0 Å². The fourth-order valence-electron chi connectivity index (χ4n) is 2.35. The summed E-state index contributed by atoms with van der Waals surface area (Å²) in [7, 11) is 1.54. The number of benzene rings is 1. The van der Waals surface area contributed by atoms with Crippen LogP contribution in [0.3, 0.4) is 0 Å². The zero-order chi connectivity index (χ0) is 15.4. The number of halogens is 2. The highest BCUT2D eigenvalue weighted by atomic mass is 35.5. The smallest absolute Gasteiger partial charge is 0.238 e. The number of carbonyl (C=O) groups is 1. The number of methoxy groups -OCH3 is 1. The molecule has 5 nitrogen and oxygen atoms in total. The average molecular weight is 334 g/mol. The van der Waals surface area contributed by atoms with Gasteiger partial charge in [0.1, 0.15) is 11.6 Å². The molecule has 0 spiro atoms. The Labute approximate surface area is 133 Å². The van der Waals surface area contributed by atoms with E-state index in [0.717, 1.165) is 0 Å². The van der Waals surface area contributed by atoms with E-state index >= 15 is 0 Å². The van der Waals surface area contributed by atoms with Crippen LogP contribution in [0.1, 0.15) is 5.56 Å². The van der Waals surface area contributed by atoms with E-state index in [4.69, 9.17) is 32.7 Å². The number of alkyl halides is 1. The minimum absolute atomic E-state index is 0.171. The number of carbonyl (C=O) groups excluding carboxylic acids is 1. The number of hydrogen-bond acceptors (Lipinski definition) is 4. The molecular formula is C14H17Cl2NO4. The van der Waals surface area contributed by atoms with E-state index in [1.165, 1.54) is 12.0 Å². The molecule has 7 heteroatoms. The maximum absolute atomic E-state index is 12.1. The second-order valence-corrected chi connectivity index (χ2v) is 5.42. The maximum atomic E-state index is 12.1. The number of aliphatic hydroxyl groups excluding tert-OH is 1. The predicted molar refractivity (Wildman–Crippen MR) is 79.9 cm³/mol. The summed E-state index contributed by atoms with van der Waals surface area (Å²) in [5, 5.41) is 10.4. The second kappa shape index (κ2) is 7.31. The van der Waals surface area contributed by atoms with Crippen molar-refractivity contribution in [1.82, 2.24) is 4.90 Å². The molecule has 1 saturated heterocycles. The van der Waals surface area contributed by atoms with E-state index < -0.39 is 12.1 Å². The summed E-state index contributed by atoms with van der Waals surface area (Å²) in [6.07, 6.45) is -0.731. The lowest BCUT2D eigenvalue weighted by Crippen LogP contribution is -2.46. The highest BCUT2D eigenvalue weighted by molar-refractivity contribution is 6.31. The molecule has 0 aliphatic carbocycles. The van der Waals surface area contributed by atoms with Crippen molar-refractivity contribution in [2.75, 3.05) is 26.2 Å². The van der Waals surface area contributed by atoms with Crippen LogP contribution in [-0.2, 0) is 16.1 Å². The van der Waals surface area contributed by atoms with E-state index in [1.807, 2.05) is 0 Å². The van der Waals surface area contributed by atoms with Crippen LogP contribution in [0.5, 0.6) is 5.75 Å². The van der Waals surface area contributed by atoms with Crippen molar-refractivity contribution >= 4 is 29.1 Å². The van der Waals surface area contributed by atoms with E-state index in [2.05, 4.69) is 0 Å². The van der Waals surface area contributed by atoms with Gasteiger partial charge in [0.15, 0.2) is 0 Å². The molecule has 116 valence electrons. The molecular weight excluding hydrogens is 317 g/mol. The second-order valence-electron chi connectivity index (χ2n) is 4.75. The summed E-state index contributed by atoms with van der Waals surface area (Å²) in [5.74, 6) is 0.132. The fourth-order valence-corrected chi connectivity index (χ4v) is 2.73. The third-order valence-corrected chi connectivity index (χ3v) is 4.06. The van der Waals surface area contributed by atoms with Gasteiger partial charge in [0.25, 0.3) is 0 Å². The van der Waals surface area contributed by atoms with Gasteiger partial charge in [-0.05, 0) is 12.1 Å². The van der Waals surface area contributed by atoms with Crippen molar-refractivity contribution in [2.45, 2.75) is 18.7 Å². The number of amides is 1. The molecule has 2 atom stereocenters. The molecule has 1 aromatic rings. The van der Waals surface area contributed by atoms with Gasteiger partial charge in [0.05, 0.1) is 39.0 Å². The van der Waals surface area contributed by atoms with Gasteiger partial charge in [-0.1, -0.05) is 17.7 Å². The van der Waals surface area contributed by atoms with Crippen LogP contribution in [0.25, 0.3) is 0 Å². The van der Waals surface area contributed by atoms with Gasteiger partial charge in [0, 0.05) is 10.6 Å². The van der Waals surface area contributed by atoms with Crippen LogP contribution in [0.2, 0.25) is 5.02 Å². The Morgan fingerprint density at radius 1 is 1.52 bits per heavy atom. The lowest BCUT2D eigenvalue weighted by molar-refractivity contribution is -0.133. The Morgan fingerprint density at radius 2 is 2.29 bits per heavy atom. The van der Waals surface area contributed by atoms with Crippen molar-refractivity contribution in [3.05, 3.63) is 28.8 Å². The van der Waals surface area contributed by atoms with Crippen molar-refractivity contribution in [1.29, 1.82) is 0 Å². The molecule has 0 radical (unpaired) electrons. The third-order valence-electron chi connectivity index (χ3n) is 3.48. The summed E-state index contributed by atoms with van der Waals surface area (Å²) in [5.41, 5.74) is 0.680. The molecule has 1 fully saturated rings. The van der Waals surface area contributed by atoms with Gasteiger partial charge < -0.3 is 19.5 Å². The molecule has 0 unspecified atom stereocenters. The Balaban J connectivity index is 2.29. The molecule has 0 bridgehead atoms. The van der Waals surface area contributed by atoms with Gasteiger partial charge in [-0.3, -0.25) is 4.79 Å². The molecule has 1 heterocycles. The van der Waals surface area contributed by atoms with E-state index in [9.17, 15) is 9.90 Å². The minimum atomic E-state index is -0.731. The monoisotopic (exact) mass is 333 g/mol. The van der Waals surface area contributed by atoms with E-state index in [-0.39, 0.29) is 31.5 Å². The van der Waals surface area contributed by atoms with Crippen LogP contribution in [0.4, 0.5) is 0 Å². The van der Waals surface area contributed by atoms with Crippen LogP contribution >= 0.6 is 23.2 Å². The summed E-state index contributed by atoms with van der Waals surface area (Å²) < 4.78 is 10.5. The third kappa shape index (κ3) is 3.61. The Kier molecular flexibility index (Phi) is 5.70. The quantitative estimate of drug-likeness (QED) is 0.833. The normalized spacial score (nSPS) is 21.3. The average Bonchev–Trinajstić information content (AvgIpc) is 2.91. The Morgan fingerprint density at radius 3 is 2.86 bits per heavy atom. The van der Waals surface area contributed by atoms with Crippen molar-refractivity contribution in [3.63, 3.8) is 0 Å². The minimum Gasteiger partial charge on any atom is -0.496 e. The molecule has 21 heavy (non-hydrogen) atoms. The first-order valence-electron chi connectivity index (χ1n) is 6.51. The van der Waals surface area contributed by atoms with Crippen molar-refractivity contribution < 1.29 is 19.4 Å². The van der Waals surface area contributed by atoms with Crippen LogP contribution < -0.4 is 4.74 Å². The van der Waals surface area contributed by atoms with Crippen LogP contribution in [0, 0.1) is 0 Å². The predicted octanol–water partition coefficient (Wildman–Crippen LogP) is 1.68.